The van der Waals surface area contributed by atoms with Crippen LogP contribution in [-0.2, 0) is 14.3 Å². The van der Waals surface area contributed by atoms with Crippen molar-refractivity contribution in [1.29, 1.82) is 0 Å². The molecule has 1 aliphatic heterocycles. The van der Waals surface area contributed by atoms with Crippen molar-refractivity contribution in [1.82, 2.24) is 4.90 Å². The molecule has 1 amide bonds. The highest BCUT2D eigenvalue weighted by molar-refractivity contribution is 6.21. The van der Waals surface area contributed by atoms with Gasteiger partial charge in [0, 0.05) is 24.9 Å². The third-order valence-electron chi connectivity index (χ3n) is 7.28. The number of morpholine rings is 1. The van der Waals surface area contributed by atoms with Crippen LogP contribution in [0.4, 0.5) is 0 Å². The SMILES string of the molecule is C=C1[C@@H]2C(=O)[C@]3(CCl)[C@@H]4C[C@@H]([C@H]1[C@H]24)[C@@H]3C(=O)N1CCOCC1. The monoisotopic (exact) mass is 321 g/mol. The molecule has 4 saturated carbocycles. The summed E-state index contributed by atoms with van der Waals surface area (Å²) in [7, 11) is 0. The van der Waals surface area contributed by atoms with E-state index in [2.05, 4.69) is 6.58 Å². The number of fused-ring (bicyclic) bond motifs is 2. The largest absolute Gasteiger partial charge is 0.378 e. The van der Waals surface area contributed by atoms with E-state index in [1.54, 1.807) is 0 Å². The van der Waals surface area contributed by atoms with Crippen molar-refractivity contribution in [3.05, 3.63) is 12.2 Å². The third kappa shape index (κ3) is 1.21. The first kappa shape index (κ1) is 13.6. The maximum absolute atomic E-state index is 13.2. The Kier molecular flexibility index (Phi) is 2.56. The van der Waals surface area contributed by atoms with E-state index in [9.17, 15) is 9.59 Å². The zero-order valence-corrected chi connectivity index (χ0v) is 13.2. The fourth-order valence-corrected chi connectivity index (χ4v) is 7.04. The minimum atomic E-state index is -0.604. The second-order valence-electron chi connectivity index (χ2n) is 7.62. The summed E-state index contributed by atoms with van der Waals surface area (Å²) < 4.78 is 5.35. The van der Waals surface area contributed by atoms with Gasteiger partial charge in [0.1, 0.15) is 5.78 Å². The summed E-state index contributed by atoms with van der Waals surface area (Å²) in [6.45, 7) is 6.63. The quantitative estimate of drug-likeness (QED) is 0.569. The van der Waals surface area contributed by atoms with Crippen LogP contribution in [0.25, 0.3) is 0 Å². The Hall–Kier alpha value is -0.870. The summed E-state index contributed by atoms with van der Waals surface area (Å²) in [5.41, 5.74) is 0.485. The first-order valence-electron chi connectivity index (χ1n) is 8.28. The average molecular weight is 322 g/mol. The molecule has 5 rings (SSSR count). The number of alkyl halides is 1. The number of carbonyl (C=O) groups is 2. The van der Waals surface area contributed by atoms with Crippen molar-refractivity contribution in [2.45, 2.75) is 6.42 Å². The number of carbonyl (C=O) groups excluding carboxylic acids is 2. The average Bonchev–Trinajstić information content (AvgIpc) is 3.06. The molecular weight excluding hydrogens is 302 g/mol. The highest BCUT2D eigenvalue weighted by Crippen LogP contribution is 2.79. The van der Waals surface area contributed by atoms with Gasteiger partial charge in [0.15, 0.2) is 0 Å². The molecule has 0 aromatic rings. The number of ketones is 1. The smallest absolute Gasteiger partial charge is 0.227 e. The Morgan fingerprint density at radius 3 is 2.82 bits per heavy atom. The second kappa shape index (κ2) is 4.15. The molecule has 5 aliphatic rings. The van der Waals surface area contributed by atoms with Gasteiger partial charge in [0.25, 0.3) is 0 Å². The normalized spacial score (nSPS) is 51.4. The van der Waals surface area contributed by atoms with Gasteiger partial charge in [-0.15, -0.1) is 11.6 Å². The highest BCUT2D eigenvalue weighted by Gasteiger charge is 2.82. The maximum atomic E-state index is 13.2. The summed E-state index contributed by atoms with van der Waals surface area (Å²) in [6.07, 6.45) is 0.990. The van der Waals surface area contributed by atoms with Gasteiger partial charge >= 0.3 is 0 Å². The summed E-state index contributed by atoms with van der Waals surface area (Å²) >= 11 is 6.34. The molecule has 0 spiro atoms. The van der Waals surface area contributed by atoms with Crippen LogP contribution in [0.15, 0.2) is 12.2 Å². The summed E-state index contributed by atoms with van der Waals surface area (Å²) in [4.78, 5) is 28.2. The van der Waals surface area contributed by atoms with Gasteiger partial charge in [-0.3, -0.25) is 9.59 Å². The number of ether oxygens (including phenoxy) is 1. The second-order valence-corrected chi connectivity index (χ2v) is 7.88. The van der Waals surface area contributed by atoms with Crippen LogP contribution in [0.1, 0.15) is 6.42 Å². The number of Topliss-reactive ketones (excluding diaryl/α,β-unsaturated/α-hetero) is 1. The van der Waals surface area contributed by atoms with Crippen LogP contribution < -0.4 is 0 Å². The minimum absolute atomic E-state index is 0.00115. The van der Waals surface area contributed by atoms with Crippen molar-refractivity contribution >= 4 is 23.3 Å². The topological polar surface area (TPSA) is 46.6 Å². The Labute approximate surface area is 134 Å². The van der Waals surface area contributed by atoms with Crippen LogP contribution in [0, 0.1) is 40.9 Å². The molecule has 1 heterocycles. The number of rotatable bonds is 2. The van der Waals surface area contributed by atoms with E-state index in [0.717, 1.165) is 12.0 Å². The molecule has 118 valence electrons. The van der Waals surface area contributed by atoms with Crippen molar-refractivity contribution < 1.29 is 14.3 Å². The van der Waals surface area contributed by atoms with Crippen molar-refractivity contribution in [2.75, 3.05) is 32.2 Å². The van der Waals surface area contributed by atoms with Crippen LogP contribution >= 0.6 is 11.6 Å². The molecular formula is C17H20ClNO3. The molecule has 1 saturated heterocycles. The Bertz CT molecular complexity index is 599. The van der Waals surface area contributed by atoms with Crippen molar-refractivity contribution in [3.63, 3.8) is 0 Å². The van der Waals surface area contributed by atoms with Gasteiger partial charge in [-0.05, 0) is 30.1 Å². The number of hydrogen-bond acceptors (Lipinski definition) is 3. The molecule has 2 bridgehead atoms. The van der Waals surface area contributed by atoms with Crippen LogP contribution in [-0.4, -0.2) is 48.8 Å². The lowest BCUT2D eigenvalue weighted by Gasteiger charge is -2.47. The summed E-state index contributed by atoms with van der Waals surface area (Å²) in [6, 6.07) is 0. The molecule has 22 heavy (non-hydrogen) atoms. The van der Waals surface area contributed by atoms with Crippen LogP contribution in [0.3, 0.4) is 0 Å². The fraction of sp³-hybridized carbons (Fsp3) is 0.765. The molecule has 0 aromatic heterocycles. The zero-order valence-electron chi connectivity index (χ0n) is 12.5. The molecule has 0 N–H and O–H groups in total. The first-order chi connectivity index (χ1) is 10.6. The van der Waals surface area contributed by atoms with Crippen LogP contribution in [0.2, 0.25) is 0 Å². The van der Waals surface area contributed by atoms with Gasteiger partial charge in [-0.1, -0.05) is 12.2 Å². The van der Waals surface area contributed by atoms with Gasteiger partial charge in [0.05, 0.1) is 24.5 Å². The first-order valence-corrected chi connectivity index (χ1v) is 8.82. The van der Waals surface area contributed by atoms with E-state index in [-0.39, 0.29) is 23.5 Å². The highest BCUT2D eigenvalue weighted by atomic mass is 35.5. The van der Waals surface area contributed by atoms with E-state index >= 15 is 0 Å². The Morgan fingerprint density at radius 1 is 1.41 bits per heavy atom. The van der Waals surface area contributed by atoms with Gasteiger partial charge in [0.2, 0.25) is 5.91 Å². The lowest BCUT2D eigenvalue weighted by atomic mass is 9.57. The van der Waals surface area contributed by atoms with Crippen molar-refractivity contribution in [2.24, 2.45) is 40.9 Å². The Morgan fingerprint density at radius 2 is 2.14 bits per heavy atom. The lowest BCUT2D eigenvalue weighted by Crippen LogP contribution is -2.53. The summed E-state index contributed by atoms with van der Waals surface area (Å²) in [5.74, 6) is 1.89. The van der Waals surface area contributed by atoms with E-state index in [1.165, 1.54) is 0 Å². The molecule has 5 fully saturated rings. The predicted molar refractivity (Wildman–Crippen MR) is 80.3 cm³/mol. The molecule has 4 nitrogen and oxygen atoms in total. The van der Waals surface area contributed by atoms with E-state index < -0.39 is 5.41 Å². The van der Waals surface area contributed by atoms with Gasteiger partial charge in [-0.25, -0.2) is 0 Å². The number of nitrogens with zero attached hydrogens (tertiary/aromatic N) is 1. The number of hydrogen-bond donors (Lipinski definition) is 0. The number of halogens is 1. The van der Waals surface area contributed by atoms with E-state index in [0.29, 0.717) is 55.9 Å². The Balaban J connectivity index is 1.57. The fourth-order valence-electron chi connectivity index (χ4n) is 6.54. The van der Waals surface area contributed by atoms with Crippen LogP contribution in [0.5, 0.6) is 0 Å². The number of amides is 1. The molecule has 0 unspecified atom stereocenters. The molecule has 4 aliphatic carbocycles. The van der Waals surface area contributed by atoms with E-state index in [4.69, 9.17) is 16.3 Å². The lowest BCUT2D eigenvalue weighted by molar-refractivity contribution is -0.150. The molecule has 5 heteroatoms. The predicted octanol–water partition coefficient (Wildman–Crippen LogP) is 1.34. The maximum Gasteiger partial charge on any atom is 0.227 e. The molecule has 0 aromatic carbocycles. The molecule has 7 atom stereocenters. The standard InChI is InChI=1S/C17H20ClNO3/c1-8-11-9-6-10-13(11)12(8)15(20)17(10,7-18)14(9)16(21)19-2-4-22-5-3-19/h9-14H,1-7H2/t9-,10+,11-,12-,13+,14+,17+/m0/s1. The van der Waals surface area contributed by atoms with Gasteiger partial charge in [-0.2, -0.15) is 0 Å². The third-order valence-corrected chi connectivity index (χ3v) is 7.72. The van der Waals surface area contributed by atoms with Crippen molar-refractivity contribution in [3.8, 4) is 0 Å². The van der Waals surface area contributed by atoms with Gasteiger partial charge < -0.3 is 9.64 Å². The minimum Gasteiger partial charge on any atom is -0.378 e. The van der Waals surface area contributed by atoms with E-state index in [1.807, 2.05) is 4.90 Å². The molecule has 0 radical (unpaired) electrons. The summed E-state index contributed by atoms with van der Waals surface area (Å²) in [5, 5.41) is 0. The zero-order chi connectivity index (χ0) is 15.2. The number of allylic oxidation sites excluding steroid dienone is 1.